The van der Waals surface area contributed by atoms with Crippen LogP contribution in [0.15, 0.2) is 10.7 Å². The lowest BCUT2D eigenvalue weighted by Crippen LogP contribution is -2.39. The molecule has 1 saturated carbocycles. The maximum Gasteiger partial charge on any atom is 0.232 e. The van der Waals surface area contributed by atoms with Crippen molar-refractivity contribution in [3.8, 4) is 5.88 Å². The summed E-state index contributed by atoms with van der Waals surface area (Å²) in [5.74, 6) is 1.42. The molecule has 104 valence electrons. The standard InChI is InChI=1S/C14H20BrN3O/c1-19-12-11(15)10-16-13(17-12)18-8-6-14(7-9-18)4-2-3-5-14/h10H,2-9H2,1H3. The van der Waals surface area contributed by atoms with Crippen LogP contribution in [0.5, 0.6) is 5.88 Å². The quantitative estimate of drug-likeness (QED) is 0.835. The summed E-state index contributed by atoms with van der Waals surface area (Å²) in [4.78, 5) is 11.2. The van der Waals surface area contributed by atoms with Gasteiger partial charge < -0.3 is 9.64 Å². The molecule has 0 N–H and O–H groups in total. The molecule has 1 aliphatic heterocycles. The highest BCUT2D eigenvalue weighted by Gasteiger charge is 2.37. The Balaban J connectivity index is 1.71. The van der Waals surface area contributed by atoms with E-state index in [9.17, 15) is 0 Å². The lowest BCUT2D eigenvalue weighted by molar-refractivity contribution is 0.225. The van der Waals surface area contributed by atoms with E-state index in [4.69, 9.17) is 4.74 Å². The zero-order valence-electron chi connectivity index (χ0n) is 11.4. The molecular weight excluding hydrogens is 306 g/mol. The normalized spacial score (nSPS) is 21.9. The Kier molecular flexibility index (Phi) is 3.65. The number of ether oxygens (including phenoxy) is 1. The summed E-state index contributed by atoms with van der Waals surface area (Å²) in [6, 6.07) is 0. The second-order valence-electron chi connectivity index (χ2n) is 5.72. The largest absolute Gasteiger partial charge is 0.480 e. The van der Waals surface area contributed by atoms with E-state index in [2.05, 4.69) is 30.8 Å². The Labute approximate surface area is 122 Å². The maximum atomic E-state index is 5.25. The zero-order chi connectivity index (χ0) is 13.3. The lowest BCUT2D eigenvalue weighted by Gasteiger charge is -2.39. The predicted molar refractivity (Wildman–Crippen MR) is 78.6 cm³/mol. The first kappa shape index (κ1) is 13.2. The first-order valence-corrected chi connectivity index (χ1v) is 7.83. The van der Waals surface area contributed by atoms with Crippen molar-refractivity contribution in [2.75, 3.05) is 25.1 Å². The van der Waals surface area contributed by atoms with Gasteiger partial charge in [-0.05, 0) is 47.0 Å². The number of aromatic nitrogens is 2. The van der Waals surface area contributed by atoms with Gasteiger partial charge in [0.05, 0.1) is 17.8 Å². The van der Waals surface area contributed by atoms with Crippen LogP contribution in [0.25, 0.3) is 0 Å². The number of methoxy groups -OCH3 is 1. The molecule has 0 bridgehead atoms. The molecule has 1 spiro atoms. The van der Waals surface area contributed by atoms with Crippen LogP contribution >= 0.6 is 15.9 Å². The smallest absolute Gasteiger partial charge is 0.232 e. The van der Waals surface area contributed by atoms with Crippen molar-refractivity contribution in [1.82, 2.24) is 9.97 Å². The minimum atomic E-state index is 0.617. The molecule has 1 aliphatic carbocycles. The molecule has 2 heterocycles. The van der Waals surface area contributed by atoms with Gasteiger partial charge in [0.15, 0.2) is 0 Å². The molecule has 2 fully saturated rings. The van der Waals surface area contributed by atoms with Crippen LogP contribution in [0.1, 0.15) is 38.5 Å². The van der Waals surface area contributed by atoms with Gasteiger partial charge >= 0.3 is 0 Å². The first-order valence-electron chi connectivity index (χ1n) is 7.04. The van der Waals surface area contributed by atoms with Gasteiger partial charge in [0.1, 0.15) is 0 Å². The number of halogens is 1. The number of anilines is 1. The maximum absolute atomic E-state index is 5.25. The van der Waals surface area contributed by atoms with Gasteiger partial charge in [-0.1, -0.05) is 12.8 Å². The van der Waals surface area contributed by atoms with E-state index >= 15 is 0 Å². The van der Waals surface area contributed by atoms with Gasteiger partial charge in [0.2, 0.25) is 11.8 Å². The van der Waals surface area contributed by atoms with Crippen molar-refractivity contribution in [3.63, 3.8) is 0 Å². The SMILES string of the molecule is COc1nc(N2CCC3(CCCC3)CC2)ncc1Br. The van der Waals surface area contributed by atoms with Crippen molar-refractivity contribution >= 4 is 21.9 Å². The van der Waals surface area contributed by atoms with Gasteiger partial charge in [0, 0.05) is 13.1 Å². The van der Waals surface area contributed by atoms with Crippen LogP contribution in [-0.4, -0.2) is 30.2 Å². The Morgan fingerprint density at radius 1 is 1.21 bits per heavy atom. The second-order valence-corrected chi connectivity index (χ2v) is 6.58. The summed E-state index contributed by atoms with van der Waals surface area (Å²) in [7, 11) is 1.64. The molecule has 0 atom stereocenters. The first-order chi connectivity index (χ1) is 9.22. The molecule has 0 amide bonds. The summed E-state index contributed by atoms with van der Waals surface area (Å²) >= 11 is 3.39. The molecule has 5 heteroatoms. The van der Waals surface area contributed by atoms with Gasteiger partial charge in [-0.25, -0.2) is 4.98 Å². The molecule has 0 radical (unpaired) electrons. The van der Waals surface area contributed by atoms with Crippen LogP contribution in [-0.2, 0) is 0 Å². The van der Waals surface area contributed by atoms with E-state index in [1.54, 1.807) is 13.3 Å². The van der Waals surface area contributed by atoms with Crippen molar-refractivity contribution in [3.05, 3.63) is 10.7 Å². The Morgan fingerprint density at radius 3 is 2.53 bits per heavy atom. The number of hydrogen-bond donors (Lipinski definition) is 0. The van der Waals surface area contributed by atoms with Gasteiger partial charge in [-0.3, -0.25) is 0 Å². The fraction of sp³-hybridized carbons (Fsp3) is 0.714. The highest BCUT2D eigenvalue weighted by molar-refractivity contribution is 9.10. The highest BCUT2D eigenvalue weighted by Crippen LogP contribution is 2.46. The topological polar surface area (TPSA) is 38.2 Å². The molecule has 3 rings (SSSR count). The van der Waals surface area contributed by atoms with Crippen LogP contribution in [0, 0.1) is 5.41 Å². The van der Waals surface area contributed by atoms with Crippen LogP contribution < -0.4 is 9.64 Å². The Bertz CT molecular complexity index is 450. The summed E-state index contributed by atoms with van der Waals surface area (Å²) in [5, 5.41) is 0. The van der Waals surface area contributed by atoms with Crippen molar-refractivity contribution in [2.45, 2.75) is 38.5 Å². The number of piperidine rings is 1. The summed E-state index contributed by atoms with van der Waals surface area (Å²) in [6.45, 7) is 2.15. The third kappa shape index (κ3) is 2.57. The third-order valence-corrected chi connectivity index (χ3v) is 5.21. The number of rotatable bonds is 2. The molecule has 1 aromatic rings. The minimum Gasteiger partial charge on any atom is -0.480 e. The van der Waals surface area contributed by atoms with E-state index in [1.165, 1.54) is 38.5 Å². The van der Waals surface area contributed by atoms with Crippen LogP contribution in [0.4, 0.5) is 5.95 Å². The Hall–Kier alpha value is -0.840. The van der Waals surface area contributed by atoms with Gasteiger partial charge in [-0.2, -0.15) is 4.98 Å². The van der Waals surface area contributed by atoms with E-state index in [-0.39, 0.29) is 0 Å². The molecule has 19 heavy (non-hydrogen) atoms. The summed E-state index contributed by atoms with van der Waals surface area (Å²) < 4.78 is 6.05. The Morgan fingerprint density at radius 2 is 1.89 bits per heavy atom. The molecule has 2 aliphatic rings. The van der Waals surface area contributed by atoms with E-state index in [0.29, 0.717) is 11.3 Å². The fourth-order valence-corrected chi connectivity index (χ4v) is 3.80. The number of hydrogen-bond acceptors (Lipinski definition) is 4. The van der Waals surface area contributed by atoms with Crippen molar-refractivity contribution in [2.24, 2.45) is 5.41 Å². The highest BCUT2D eigenvalue weighted by atomic mass is 79.9. The average Bonchev–Trinajstić information content (AvgIpc) is 2.89. The van der Waals surface area contributed by atoms with Crippen molar-refractivity contribution < 1.29 is 4.74 Å². The van der Waals surface area contributed by atoms with Gasteiger partial charge in [-0.15, -0.1) is 0 Å². The molecule has 1 saturated heterocycles. The molecule has 0 unspecified atom stereocenters. The van der Waals surface area contributed by atoms with Crippen molar-refractivity contribution in [1.29, 1.82) is 0 Å². The van der Waals surface area contributed by atoms with E-state index in [0.717, 1.165) is 23.5 Å². The zero-order valence-corrected chi connectivity index (χ0v) is 12.9. The van der Waals surface area contributed by atoms with Crippen LogP contribution in [0.2, 0.25) is 0 Å². The fourth-order valence-electron chi connectivity index (χ4n) is 3.44. The minimum absolute atomic E-state index is 0.617. The average molecular weight is 326 g/mol. The monoisotopic (exact) mass is 325 g/mol. The molecule has 0 aromatic carbocycles. The molecular formula is C14H20BrN3O. The number of nitrogens with zero attached hydrogens (tertiary/aromatic N) is 3. The van der Waals surface area contributed by atoms with Crippen LogP contribution in [0.3, 0.4) is 0 Å². The van der Waals surface area contributed by atoms with E-state index in [1.807, 2.05) is 0 Å². The molecule has 1 aromatic heterocycles. The van der Waals surface area contributed by atoms with Gasteiger partial charge in [0.25, 0.3) is 0 Å². The summed E-state index contributed by atoms with van der Waals surface area (Å²) in [5.41, 5.74) is 0.635. The lowest BCUT2D eigenvalue weighted by atomic mass is 9.77. The second kappa shape index (κ2) is 5.27. The third-order valence-electron chi connectivity index (χ3n) is 4.66. The summed E-state index contributed by atoms with van der Waals surface area (Å²) in [6.07, 6.45) is 10.0. The molecule has 4 nitrogen and oxygen atoms in total. The van der Waals surface area contributed by atoms with E-state index < -0.39 is 0 Å². The predicted octanol–water partition coefficient (Wildman–Crippen LogP) is 3.41.